The van der Waals surface area contributed by atoms with Gasteiger partial charge in [0.2, 0.25) is 10.0 Å². The van der Waals surface area contributed by atoms with E-state index in [4.69, 9.17) is 0 Å². The fourth-order valence-electron chi connectivity index (χ4n) is 2.85. The number of fused-ring (bicyclic) bond motifs is 1. The van der Waals surface area contributed by atoms with Gasteiger partial charge in [-0.15, -0.1) is 11.3 Å². The molecular formula is C18H20N2O3S2. The van der Waals surface area contributed by atoms with Crippen LogP contribution in [0.5, 0.6) is 0 Å². The first kappa shape index (κ1) is 17.7. The topological polar surface area (TPSA) is 68.2 Å². The minimum atomic E-state index is -3.33. The van der Waals surface area contributed by atoms with Gasteiger partial charge in [-0.3, -0.25) is 9.52 Å². The first-order valence-corrected chi connectivity index (χ1v) is 10.7. The van der Waals surface area contributed by atoms with Gasteiger partial charge in [-0.2, -0.15) is 0 Å². The molecule has 3 rings (SSSR count). The molecule has 0 aliphatic carbocycles. The molecule has 3 aromatic rings. The highest BCUT2D eigenvalue weighted by Gasteiger charge is 2.16. The quantitative estimate of drug-likeness (QED) is 0.643. The molecule has 25 heavy (non-hydrogen) atoms. The summed E-state index contributed by atoms with van der Waals surface area (Å²) in [6.07, 6.45) is 5.04. The largest absolute Gasteiger partial charge is 0.344 e. The van der Waals surface area contributed by atoms with Crippen LogP contribution in [0.3, 0.4) is 0 Å². The number of aromatic nitrogens is 1. The highest BCUT2D eigenvalue weighted by Crippen LogP contribution is 2.37. The Labute approximate surface area is 151 Å². The predicted octanol–water partition coefficient (Wildman–Crippen LogP) is 4.52. The lowest BCUT2D eigenvalue weighted by Crippen LogP contribution is -2.09. The molecule has 0 radical (unpaired) electrons. The molecule has 1 aromatic carbocycles. The second-order valence-corrected chi connectivity index (χ2v) is 9.00. The first-order chi connectivity index (χ1) is 11.8. The molecule has 2 aromatic heterocycles. The van der Waals surface area contributed by atoms with E-state index in [2.05, 4.69) is 29.3 Å². The number of thiophene rings is 1. The monoisotopic (exact) mass is 376 g/mol. The molecule has 0 aliphatic heterocycles. The second kappa shape index (κ2) is 6.65. The van der Waals surface area contributed by atoms with Crippen molar-refractivity contribution in [2.75, 3.05) is 11.0 Å². The minimum Gasteiger partial charge on any atom is -0.344 e. The van der Waals surface area contributed by atoms with Crippen molar-refractivity contribution in [2.45, 2.75) is 26.3 Å². The summed E-state index contributed by atoms with van der Waals surface area (Å²) in [7, 11) is -3.33. The number of nitrogens with one attached hydrogen (secondary N) is 1. The molecule has 0 saturated carbocycles. The fraction of sp³-hybridized carbons (Fsp3) is 0.278. The van der Waals surface area contributed by atoms with Crippen LogP contribution in [-0.2, 0) is 10.0 Å². The molecule has 0 spiro atoms. The summed E-state index contributed by atoms with van der Waals surface area (Å²) >= 11 is 1.45. The maximum atomic E-state index is 11.5. The standard InChI is InChI=1S/C18H20N2O3S2/c1-4-12(2)20-10-16(18-8-6-14(11-21)24-18)15-7-5-13(9-17(15)20)19-25(3,22)23/h5-12,19H,4H2,1-3H3/t12-/m0/s1. The van der Waals surface area contributed by atoms with Gasteiger partial charge in [0.25, 0.3) is 0 Å². The summed E-state index contributed by atoms with van der Waals surface area (Å²) in [5, 5.41) is 1.04. The maximum absolute atomic E-state index is 11.5. The van der Waals surface area contributed by atoms with Crippen molar-refractivity contribution in [3.05, 3.63) is 41.4 Å². The van der Waals surface area contributed by atoms with Gasteiger partial charge in [-0.25, -0.2) is 8.42 Å². The molecule has 7 heteroatoms. The third-order valence-electron chi connectivity index (χ3n) is 4.21. The molecular weight excluding hydrogens is 356 g/mol. The van der Waals surface area contributed by atoms with Crippen LogP contribution in [0.25, 0.3) is 21.3 Å². The number of carbonyl (C=O) groups excluding carboxylic acids is 1. The number of rotatable bonds is 6. The van der Waals surface area contributed by atoms with Crippen molar-refractivity contribution in [1.82, 2.24) is 4.57 Å². The van der Waals surface area contributed by atoms with E-state index >= 15 is 0 Å². The van der Waals surface area contributed by atoms with Gasteiger partial charge in [0, 0.05) is 28.1 Å². The zero-order chi connectivity index (χ0) is 18.2. The number of hydrogen-bond acceptors (Lipinski definition) is 4. The first-order valence-electron chi connectivity index (χ1n) is 8.00. The number of carbonyl (C=O) groups is 1. The molecule has 0 unspecified atom stereocenters. The Morgan fingerprint density at radius 2 is 2.04 bits per heavy atom. The fourth-order valence-corrected chi connectivity index (χ4v) is 4.25. The van der Waals surface area contributed by atoms with Crippen LogP contribution in [0.2, 0.25) is 0 Å². The van der Waals surface area contributed by atoms with Crippen molar-refractivity contribution in [2.24, 2.45) is 0 Å². The predicted molar refractivity (Wildman–Crippen MR) is 104 cm³/mol. The van der Waals surface area contributed by atoms with E-state index < -0.39 is 10.0 Å². The third kappa shape index (κ3) is 3.62. The Balaban J connectivity index is 2.20. The van der Waals surface area contributed by atoms with Gasteiger partial charge in [-0.1, -0.05) is 13.0 Å². The molecule has 5 nitrogen and oxygen atoms in total. The van der Waals surface area contributed by atoms with E-state index in [1.807, 2.05) is 24.3 Å². The van der Waals surface area contributed by atoms with Crippen LogP contribution in [0.15, 0.2) is 36.5 Å². The van der Waals surface area contributed by atoms with E-state index in [0.717, 1.165) is 40.3 Å². The van der Waals surface area contributed by atoms with Gasteiger partial charge in [0.1, 0.15) is 0 Å². The van der Waals surface area contributed by atoms with Crippen molar-refractivity contribution in [3.8, 4) is 10.4 Å². The molecule has 0 bridgehead atoms. The Morgan fingerprint density at radius 1 is 1.28 bits per heavy atom. The maximum Gasteiger partial charge on any atom is 0.229 e. The van der Waals surface area contributed by atoms with Gasteiger partial charge >= 0.3 is 0 Å². The van der Waals surface area contributed by atoms with Gasteiger partial charge in [0.05, 0.1) is 22.3 Å². The number of nitrogens with zero attached hydrogens (tertiary/aromatic N) is 1. The lowest BCUT2D eigenvalue weighted by molar-refractivity contribution is 0.112. The SMILES string of the molecule is CC[C@H](C)n1cc(-c2ccc(C=O)s2)c2ccc(NS(C)(=O)=O)cc21. The number of benzene rings is 1. The summed E-state index contributed by atoms with van der Waals surface area (Å²) in [6.45, 7) is 4.25. The molecule has 0 fully saturated rings. The molecule has 1 N–H and O–H groups in total. The van der Waals surface area contributed by atoms with E-state index in [1.54, 1.807) is 6.07 Å². The van der Waals surface area contributed by atoms with E-state index in [9.17, 15) is 13.2 Å². The van der Waals surface area contributed by atoms with Crippen molar-refractivity contribution in [1.29, 1.82) is 0 Å². The average Bonchev–Trinajstić information content (AvgIpc) is 3.16. The summed E-state index contributed by atoms with van der Waals surface area (Å²) in [5.74, 6) is 0. The summed E-state index contributed by atoms with van der Waals surface area (Å²) in [4.78, 5) is 12.7. The van der Waals surface area contributed by atoms with Crippen molar-refractivity contribution >= 4 is 44.2 Å². The molecule has 0 saturated heterocycles. The average molecular weight is 377 g/mol. The van der Waals surface area contributed by atoms with Crippen molar-refractivity contribution < 1.29 is 13.2 Å². The summed E-state index contributed by atoms with van der Waals surface area (Å²) in [6, 6.07) is 9.60. The molecule has 0 amide bonds. The van der Waals surface area contributed by atoms with Gasteiger partial charge < -0.3 is 4.57 Å². The van der Waals surface area contributed by atoms with Gasteiger partial charge in [0.15, 0.2) is 6.29 Å². The van der Waals surface area contributed by atoms with E-state index in [-0.39, 0.29) is 6.04 Å². The van der Waals surface area contributed by atoms with Crippen LogP contribution >= 0.6 is 11.3 Å². The Morgan fingerprint density at radius 3 is 2.64 bits per heavy atom. The second-order valence-electron chi connectivity index (χ2n) is 6.13. The van der Waals surface area contributed by atoms with Crippen molar-refractivity contribution in [3.63, 3.8) is 0 Å². The Bertz CT molecular complexity index is 1030. The molecule has 132 valence electrons. The third-order valence-corrected chi connectivity index (χ3v) is 5.86. The zero-order valence-electron chi connectivity index (χ0n) is 14.3. The van der Waals surface area contributed by atoms with E-state index in [0.29, 0.717) is 10.6 Å². The van der Waals surface area contributed by atoms with E-state index in [1.165, 1.54) is 11.3 Å². The Hall–Kier alpha value is -2.12. The summed E-state index contributed by atoms with van der Waals surface area (Å²) < 4.78 is 27.7. The van der Waals surface area contributed by atoms with Crippen LogP contribution < -0.4 is 4.72 Å². The van der Waals surface area contributed by atoms with Gasteiger partial charge in [-0.05, 0) is 37.6 Å². The normalized spacial score (nSPS) is 13.1. The van der Waals surface area contributed by atoms with Crippen LogP contribution in [0.4, 0.5) is 5.69 Å². The number of sulfonamides is 1. The number of hydrogen-bond donors (Lipinski definition) is 1. The highest BCUT2D eigenvalue weighted by atomic mass is 32.2. The summed E-state index contributed by atoms with van der Waals surface area (Å²) in [5.41, 5.74) is 2.57. The molecule has 2 heterocycles. The lowest BCUT2D eigenvalue weighted by Gasteiger charge is -2.13. The number of anilines is 1. The highest BCUT2D eigenvalue weighted by molar-refractivity contribution is 7.92. The smallest absolute Gasteiger partial charge is 0.229 e. The number of aldehydes is 1. The molecule has 1 atom stereocenters. The molecule has 0 aliphatic rings. The van der Waals surface area contributed by atoms with Crippen LogP contribution in [-0.4, -0.2) is 25.5 Å². The van der Waals surface area contributed by atoms with Crippen LogP contribution in [0.1, 0.15) is 36.0 Å². The Kier molecular flexibility index (Phi) is 4.71. The minimum absolute atomic E-state index is 0.273. The zero-order valence-corrected chi connectivity index (χ0v) is 15.9. The van der Waals surface area contributed by atoms with Crippen LogP contribution in [0, 0.1) is 0 Å². The lowest BCUT2D eigenvalue weighted by atomic mass is 10.1.